The van der Waals surface area contributed by atoms with Crippen LogP contribution in [0.5, 0.6) is 5.75 Å². The number of rotatable bonds is 9. The van der Waals surface area contributed by atoms with Crippen LogP contribution in [0.4, 0.5) is 0 Å². The summed E-state index contributed by atoms with van der Waals surface area (Å²) in [4.78, 5) is 41.2. The minimum absolute atomic E-state index is 0.0128. The fourth-order valence-electron chi connectivity index (χ4n) is 5.19. The summed E-state index contributed by atoms with van der Waals surface area (Å²) < 4.78 is 10.9. The molecular formula is C29H36N2O5. The lowest BCUT2D eigenvalue weighted by Gasteiger charge is -2.31. The lowest BCUT2D eigenvalue weighted by Crippen LogP contribution is -2.37. The predicted octanol–water partition coefficient (Wildman–Crippen LogP) is 5.19. The first kappa shape index (κ1) is 25.7. The van der Waals surface area contributed by atoms with Gasteiger partial charge in [-0.3, -0.25) is 14.4 Å². The van der Waals surface area contributed by atoms with Gasteiger partial charge in [-0.05, 0) is 62.9 Å². The lowest BCUT2D eigenvalue weighted by atomic mass is 9.94. The molecule has 0 radical (unpaired) electrons. The topological polar surface area (TPSA) is 84.9 Å². The van der Waals surface area contributed by atoms with Gasteiger partial charge < -0.3 is 19.7 Å². The molecule has 1 heterocycles. The van der Waals surface area contributed by atoms with Crippen molar-refractivity contribution in [2.75, 3.05) is 6.61 Å². The number of benzene rings is 2. The fourth-order valence-corrected chi connectivity index (χ4v) is 5.19. The maximum atomic E-state index is 13.5. The van der Waals surface area contributed by atoms with Crippen LogP contribution in [0.2, 0.25) is 0 Å². The molecule has 1 saturated carbocycles. The highest BCUT2D eigenvalue weighted by Crippen LogP contribution is 2.33. The molecule has 0 saturated heterocycles. The van der Waals surface area contributed by atoms with Crippen LogP contribution in [0.3, 0.4) is 0 Å². The maximum Gasteiger partial charge on any atom is 0.308 e. The highest BCUT2D eigenvalue weighted by molar-refractivity contribution is 6.09. The zero-order valence-electron chi connectivity index (χ0n) is 21.4. The van der Waals surface area contributed by atoms with Crippen molar-refractivity contribution in [2.24, 2.45) is 0 Å². The Bertz CT molecular complexity index is 1090. The monoisotopic (exact) mass is 492 g/mol. The number of ether oxygens (including phenoxy) is 2. The number of hydrogen-bond acceptors (Lipinski definition) is 5. The number of amides is 2. The SMILES string of the molecule is CCOC(=O)CC(NC(=O)c1cccc2c1C(=O)N(C1CCCCC1)C2)c1ccc(OC(C)C)cc1. The molecule has 4 rings (SSSR count). The first-order valence-electron chi connectivity index (χ1n) is 13.0. The normalized spacial score (nSPS) is 16.6. The summed E-state index contributed by atoms with van der Waals surface area (Å²) in [7, 11) is 0. The molecule has 1 aliphatic carbocycles. The van der Waals surface area contributed by atoms with Gasteiger partial charge in [0.15, 0.2) is 0 Å². The number of nitrogens with zero attached hydrogens (tertiary/aromatic N) is 1. The minimum atomic E-state index is -0.605. The molecule has 0 bridgehead atoms. The van der Waals surface area contributed by atoms with E-state index in [2.05, 4.69) is 5.32 Å². The standard InChI is InChI=1S/C29H36N2O5/c1-4-35-26(32)17-25(20-13-15-23(16-14-20)36-19(2)3)30-28(33)24-12-8-9-21-18-31(29(34)27(21)24)22-10-6-5-7-11-22/h8-9,12-16,19,22,25H,4-7,10-11,17-18H2,1-3H3,(H,30,33). The van der Waals surface area contributed by atoms with Gasteiger partial charge in [0.2, 0.25) is 0 Å². The third-order valence-corrected chi connectivity index (χ3v) is 6.86. The molecule has 1 fully saturated rings. The van der Waals surface area contributed by atoms with E-state index in [4.69, 9.17) is 9.47 Å². The number of carbonyl (C=O) groups is 3. The van der Waals surface area contributed by atoms with E-state index >= 15 is 0 Å². The molecular weight excluding hydrogens is 456 g/mol. The number of nitrogens with one attached hydrogen (secondary N) is 1. The number of fused-ring (bicyclic) bond motifs is 1. The smallest absolute Gasteiger partial charge is 0.308 e. The van der Waals surface area contributed by atoms with Crippen molar-refractivity contribution in [3.63, 3.8) is 0 Å². The molecule has 1 aliphatic heterocycles. The molecule has 1 atom stereocenters. The Labute approximate surface area is 213 Å². The zero-order valence-corrected chi connectivity index (χ0v) is 21.4. The first-order valence-corrected chi connectivity index (χ1v) is 13.0. The van der Waals surface area contributed by atoms with Gasteiger partial charge in [-0.15, -0.1) is 0 Å². The van der Waals surface area contributed by atoms with Crippen LogP contribution in [0.25, 0.3) is 0 Å². The predicted molar refractivity (Wildman–Crippen MR) is 137 cm³/mol. The summed E-state index contributed by atoms with van der Waals surface area (Å²) in [5.41, 5.74) is 2.48. The van der Waals surface area contributed by atoms with Gasteiger partial charge in [-0.25, -0.2) is 0 Å². The second-order valence-corrected chi connectivity index (χ2v) is 9.84. The molecule has 7 nitrogen and oxygen atoms in total. The van der Waals surface area contributed by atoms with Crippen LogP contribution >= 0.6 is 0 Å². The summed E-state index contributed by atoms with van der Waals surface area (Å²) >= 11 is 0. The second kappa shape index (κ2) is 11.6. The van der Waals surface area contributed by atoms with E-state index in [0.717, 1.165) is 36.8 Å². The van der Waals surface area contributed by atoms with E-state index in [1.54, 1.807) is 13.0 Å². The van der Waals surface area contributed by atoms with Crippen LogP contribution in [-0.4, -0.2) is 41.4 Å². The Kier molecular flexibility index (Phi) is 8.28. The van der Waals surface area contributed by atoms with Crippen LogP contribution in [-0.2, 0) is 16.1 Å². The summed E-state index contributed by atoms with van der Waals surface area (Å²) in [6, 6.07) is 12.4. The van der Waals surface area contributed by atoms with Crippen LogP contribution in [0.15, 0.2) is 42.5 Å². The van der Waals surface area contributed by atoms with Gasteiger partial charge in [0.25, 0.3) is 11.8 Å². The zero-order chi connectivity index (χ0) is 25.7. The molecule has 2 aliphatic rings. The van der Waals surface area contributed by atoms with Crippen molar-refractivity contribution >= 4 is 17.8 Å². The van der Waals surface area contributed by atoms with Gasteiger partial charge in [0, 0.05) is 12.6 Å². The Morgan fingerprint density at radius 3 is 2.44 bits per heavy atom. The molecule has 192 valence electrons. The van der Waals surface area contributed by atoms with Crippen molar-refractivity contribution in [3.8, 4) is 5.75 Å². The van der Waals surface area contributed by atoms with Crippen molar-refractivity contribution in [1.29, 1.82) is 0 Å². The van der Waals surface area contributed by atoms with Crippen molar-refractivity contribution in [1.82, 2.24) is 10.2 Å². The molecule has 0 spiro atoms. The first-order chi connectivity index (χ1) is 17.4. The second-order valence-electron chi connectivity index (χ2n) is 9.84. The Hall–Kier alpha value is -3.35. The summed E-state index contributed by atoms with van der Waals surface area (Å²) in [5, 5.41) is 2.99. The molecule has 36 heavy (non-hydrogen) atoms. The average molecular weight is 493 g/mol. The van der Waals surface area contributed by atoms with Crippen molar-refractivity contribution < 1.29 is 23.9 Å². The fraction of sp³-hybridized carbons (Fsp3) is 0.483. The Balaban J connectivity index is 1.56. The third-order valence-electron chi connectivity index (χ3n) is 6.86. The van der Waals surface area contributed by atoms with Crippen molar-refractivity contribution in [3.05, 3.63) is 64.7 Å². The summed E-state index contributed by atoms with van der Waals surface area (Å²) in [6.45, 7) is 6.46. The van der Waals surface area contributed by atoms with Gasteiger partial charge in [-0.2, -0.15) is 0 Å². The largest absolute Gasteiger partial charge is 0.491 e. The van der Waals surface area contributed by atoms with Gasteiger partial charge >= 0.3 is 5.97 Å². The summed E-state index contributed by atoms with van der Waals surface area (Å²) in [6.07, 6.45) is 5.53. The molecule has 2 amide bonds. The van der Waals surface area contributed by atoms with Crippen LogP contribution in [0, 0.1) is 0 Å². The van der Waals surface area contributed by atoms with Gasteiger partial charge in [0.1, 0.15) is 5.75 Å². The van der Waals surface area contributed by atoms with Gasteiger partial charge in [0.05, 0.1) is 36.3 Å². The molecule has 1 N–H and O–H groups in total. The molecule has 7 heteroatoms. The van der Waals surface area contributed by atoms with E-state index in [1.165, 1.54) is 6.42 Å². The molecule has 2 aromatic rings. The quantitative estimate of drug-likeness (QED) is 0.487. The van der Waals surface area contributed by atoms with E-state index in [1.807, 2.05) is 55.1 Å². The maximum absolute atomic E-state index is 13.5. The lowest BCUT2D eigenvalue weighted by molar-refractivity contribution is -0.143. The van der Waals surface area contributed by atoms with Crippen LogP contribution < -0.4 is 10.1 Å². The van der Waals surface area contributed by atoms with E-state index in [9.17, 15) is 14.4 Å². The highest BCUT2D eigenvalue weighted by atomic mass is 16.5. The number of carbonyl (C=O) groups excluding carboxylic acids is 3. The van der Waals surface area contributed by atoms with E-state index in [0.29, 0.717) is 23.4 Å². The Morgan fingerprint density at radius 2 is 1.78 bits per heavy atom. The van der Waals surface area contributed by atoms with Crippen molar-refractivity contribution in [2.45, 2.75) is 84.0 Å². The average Bonchev–Trinajstić information content (AvgIpc) is 3.21. The summed E-state index contributed by atoms with van der Waals surface area (Å²) in [5.74, 6) is -0.130. The van der Waals surface area contributed by atoms with Crippen LogP contribution in [0.1, 0.15) is 97.2 Å². The molecule has 1 unspecified atom stereocenters. The van der Waals surface area contributed by atoms with Gasteiger partial charge in [-0.1, -0.05) is 43.5 Å². The third kappa shape index (κ3) is 5.89. The molecule has 0 aromatic heterocycles. The van der Waals surface area contributed by atoms with E-state index < -0.39 is 12.0 Å². The number of esters is 1. The van der Waals surface area contributed by atoms with E-state index in [-0.39, 0.29) is 37.0 Å². The highest BCUT2D eigenvalue weighted by Gasteiger charge is 2.36. The Morgan fingerprint density at radius 1 is 1.06 bits per heavy atom. The number of hydrogen-bond donors (Lipinski definition) is 1. The molecule has 2 aromatic carbocycles. The minimum Gasteiger partial charge on any atom is -0.491 e.